The summed E-state index contributed by atoms with van der Waals surface area (Å²) in [4.78, 5) is 28.6. The second-order valence-corrected chi connectivity index (χ2v) is 7.83. The maximum absolute atomic E-state index is 12.3. The van der Waals surface area contributed by atoms with Crippen molar-refractivity contribution in [2.75, 3.05) is 31.1 Å². The van der Waals surface area contributed by atoms with Crippen LogP contribution in [-0.2, 0) is 16.6 Å². The van der Waals surface area contributed by atoms with E-state index in [0.717, 1.165) is 42.8 Å². The molecule has 2 saturated heterocycles. The van der Waals surface area contributed by atoms with Gasteiger partial charge in [-0.1, -0.05) is 0 Å². The Balaban J connectivity index is 1.60. The SMILES string of the molecule is CC(C)N1CCN(c2ccc3c(C4CCC(=O)NC4=O)nn(C)c3c2)CC1. The second kappa shape index (κ2) is 6.96. The van der Waals surface area contributed by atoms with E-state index in [9.17, 15) is 9.59 Å². The summed E-state index contributed by atoms with van der Waals surface area (Å²) in [7, 11) is 1.91. The molecule has 7 heteroatoms. The molecule has 0 radical (unpaired) electrons. The summed E-state index contributed by atoms with van der Waals surface area (Å²) < 4.78 is 1.85. The Kier molecular flexibility index (Phi) is 4.63. The average Bonchev–Trinajstić information content (AvgIpc) is 2.98. The number of anilines is 1. The largest absolute Gasteiger partial charge is 0.369 e. The number of piperidine rings is 1. The number of carbonyl (C=O) groups is 2. The molecule has 1 N–H and O–H groups in total. The predicted octanol–water partition coefficient (Wildman–Crippen LogP) is 1.62. The van der Waals surface area contributed by atoms with E-state index in [-0.39, 0.29) is 17.7 Å². The van der Waals surface area contributed by atoms with E-state index in [1.807, 2.05) is 11.7 Å². The molecule has 27 heavy (non-hydrogen) atoms. The number of hydrogen-bond donors (Lipinski definition) is 1. The molecule has 1 aromatic carbocycles. The minimum atomic E-state index is -0.355. The number of aryl methyl sites for hydroxylation is 1. The summed E-state index contributed by atoms with van der Waals surface area (Å²) >= 11 is 0. The Bertz CT molecular complexity index is 880. The van der Waals surface area contributed by atoms with E-state index in [4.69, 9.17) is 0 Å². The molecule has 4 rings (SSSR count). The van der Waals surface area contributed by atoms with Crippen molar-refractivity contribution < 1.29 is 9.59 Å². The van der Waals surface area contributed by atoms with Crippen LogP contribution in [-0.4, -0.2) is 58.7 Å². The van der Waals surface area contributed by atoms with Gasteiger partial charge in [0.25, 0.3) is 0 Å². The highest BCUT2D eigenvalue weighted by Gasteiger charge is 2.31. The van der Waals surface area contributed by atoms with Crippen molar-refractivity contribution in [3.8, 4) is 0 Å². The van der Waals surface area contributed by atoms with E-state index in [1.54, 1.807) is 0 Å². The fourth-order valence-electron chi connectivity index (χ4n) is 4.18. The first-order chi connectivity index (χ1) is 12.9. The lowest BCUT2D eigenvalue weighted by molar-refractivity contribution is -0.134. The molecule has 7 nitrogen and oxygen atoms in total. The zero-order chi connectivity index (χ0) is 19.1. The summed E-state index contributed by atoms with van der Waals surface area (Å²) in [6.45, 7) is 8.66. The molecular weight excluding hydrogens is 342 g/mol. The first-order valence-electron chi connectivity index (χ1n) is 9.73. The van der Waals surface area contributed by atoms with Gasteiger partial charge in [-0.15, -0.1) is 0 Å². The van der Waals surface area contributed by atoms with Crippen LogP contribution in [0.25, 0.3) is 10.9 Å². The molecule has 1 aromatic heterocycles. The maximum atomic E-state index is 12.3. The van der Waals surface area contributed by atoms with Crippen LogP contribution in [0.3, 0.4) is 0 Å². The Morgan fingerprint density at radius 3 is 2.56 bits per heavy atom. The number of nitrogens with zero attached hydrogens (tertiary/aromatic N) is 4. The average molecular weight is 369 g/mol. The van der Waals surface area contributed by atoms with Crippen LogP contribution >= 0.6 is 0 Å². The topological polar surface area (TPSA) is 70.5 Å². The standard InChI is InChI=1S/C20H27N5O2/c1-13(2)24-8-10-25(11-9-24)14-4-5-15-17(12-14)23(3)22-19(15)16-6-7-18(26)21-20(16)27/h4-5,12-13,16H,6-11H2,1-3H3,(H,21,26,27). The summed E-state index contributed by atoms with van der Waals surface area (Å²) in [6, 6.07) is 6.96. The monoisotopic (exact) mass is 369 g/mol. The van der Waals surface area contributed by atoms with Gasteiger partial charge in [0.1, 0.15) is 0 Å². The highest BCUT2D eigenvalue weighted by atomic mass is 16.2. The maximum Gasteiger partial charge on any atom is 0.235 e. The third-order valence-electron chi connectivity index (χ3n) is 5.84. The minimum Gasteiger partial charge on any atom is -0.369 e. The lowest BCUT2D eigenvalue weighted by atomic mass is 9.93. The molecule has 2 fully saturated rings. The fraction of sp³-hybridized carbons (Fsp3) is 0.550. The number of fused-ring (bicyclic) bond motifs is 1. The molecule has 144 valence electrons. The van der Waals surface area contributed by atoms with Gasteiger partial charge in [0.2, 0.25) is 11.8 Å². The van der Waals surface area contributed by atoms with Crippen molar-refractivity contribution in [3.63, 3.8) is 0 Å². The van der Waals surface area contributed by atoms with Gasteiger partial charge in [-0.2, -0.15) is 5.10 Å². The summed E-state index contributed by atoms with van der Waals surface area (Å²) in [5.74, 6) is -0.786. The van der Waals surface area contributed by atoms with Crippen molar-refractivity contribution in [3.05, 3.63) is 23.9 Å². The molecule has 1 unspecified atom stereocenters. The van der Waals surface area contributed by atoms with Crippen LogP contribution in [0, 0.1) is 0 Å². The molecule has 2 aliphatic heterocycles. The van der Waals surface area contributed by atoms with Crippen LogP contribution in [0.5, 0.6) is 0 Å². The molecule has 0 spiro atoms. The van der Waals surface area contributed by atoms with E-state index >= 15 is 0 Å². The lowest BCUT2D eigenvalue weighted by Crippen LogP contribution is -2.48. The van der Waals surface area contributed by atoms with Crippen LogP contribution in [0.15, 0.2) is 18.2 Å². The van der Waals surface area contributed by atoms with Crippen molar-refractivity contribution in [1.29, 1.82) is 0 Å². The van der Waals surface area contributed by atoms with Gasteiger partial charge in [-0.25, -0.2) is 0 Å². The summed E-state index contributed by atoms with van der Waals surface area (Å²) in [5, 5.41) is 8.06. The third kappa shape index (κ3) is 3.32. The zero-order valence-electron chi connectivity index (χ0n) is 16.2. The molecule has 1 atom stereocenters. The molecule has 2 amide bonds. The van der Waals surface area contributed by atoms with Crippen molar-refractivity contribution in [2.24, 2.45) is 7.05 Å². The van der Waals surface area contributed by atoms with Crippen molar-refractivity contribution >= 4 is 28.4 Å². The molecule has 2 aromatic rings. The minimum absolute atomic E-state index is 0.195. The number of carbonyl (C=O) groups excluding carboxylic acids is 2. The van der Waals surface area contributed by atoms with Crippen molar-refractivity contribution in [1.82, 2.24) is 20.0 Å². The highest BCUT2D eigenvalue weighted by molar-refractivity contribution is 6.02. The predicted molar refractivity (Wildman–Crippen MR) is 105 cm³/mol. The second-order valence-electron chi connectivity index (χ2n) is 7.83. The Morgan fingerprint density at radius 1 is 1.15 bits per heavy atom. The highest BCUT2D eigenvalue weighted by Crippen LogP contribution is 2.32. The fourth-order valence-corrected chi connectivity index (χ4v) is 4.18. The number of piperazine rings is 1. The zero-order valence-corrected chi connectivity index (χ0v) is 16.2. The Hall–Kier alpha value is -2.41. The number of benzene rings is 1. The van der Waals surface area contributed by atoms with Gasteiger partial charge >= 0.3 is 0 Å². The molecule has 0 aliphatic carbocycles. The van der Waals surface area contributed by atoms with Gasteiger partial charge in [-0.05, 0) is 38.5 Å². The number of amides is 2. The lowest BCUT2D eigenvalue weighted by Gasteiger charge is -2.38. The summed E-state index contributed by atoms with van der Waals surface area (Å²) in [6.07, 6.45) is 0.891. The van der Waals surface area contributed by atoms with Gasteiger partial charge in [0.15, 0.2) is 0 Å². The number of nitrogens with one attached hydrogen (secondary N) is 1. The summed E-state index contributed by atoms with van der Waals surface area (Å²) in [5.41, 5.74) is 3.00. The molecule has 0 bridgehead atoms. The third-order valence-corrected chi connectivity index (χ3v) is 5.84. The van der Waals surface area contributed by atoms with Gasteiger partial charge in [-0.3, -0.25) is 24.5 Å². The number of aromatic nitrogens is 2. The quantitative estimate of drug-likeness (QED) is 0.833. The number of rotatable bonds is 3. The van der Waals surface area contributed by atoms with Crippen molar-refractivity contribution in [2.45, 2.75) is 38.6 Å². The van der Waals surface area contributed by atoms with E-state index in [0.29, 0.717) is 18.9 Å². The Morgan fingerprint density at radius 2 is 1.89 bits per heavy atom. The van der Waals surface area contributed by atoms with E-state index < -0.39 is 0 Å². The van der Waals surface area contributed by atoms with Crippen LogP contribution in [0.2, 0.25) is 0 Å². The van der Waals surface area contributed by atoms with Crippen LogP contribution in [0.1, 0.15) is 38.3 Å². The van der Waals surface area contributed by atoms with Gasteiger partial charge in [0.05, 0.1) is 17.1 Å². The van der Waals surface area contributed by atoms with E-state index in [1.165, 1.54) is 5.69 Å². The Labute approximate surface area is 159 Å². The molecule has 2 aliphatic rings. The van der Waals surface area contributed by atoms with Gasteiger partial charge in [0, 0.05) is 56.8 Å². The van der Waals surface area contributed by atoms with Crippen LogP contribution < -0.4 is 10.2 Å². The first-order valence-corrected chi connectivity index (χ1v) is 9.73. The first kappa shape index (κ1) is 18.0. The van der Waals surface area contributed by atoms with E-state index in [2.05, 4.69) is 52.3 Å². The smallest absolute Gasteiger partial charge is 0.235 e. The number of imide groups is 1. The molecular formula is C20H27N5O2. The normalized spacial score (nSPS) is 21.9. The van der Waals surface area contributed by atoms with Crippen LogP contribution in [0.4, 0.5) is 5.69 Å². The molecule has 0 saturated carbocycles. The van der Waals surface area contributed by atoms with Gasteiger partial charge < -0.3 is 4.90 Å². The number of hydrogen-bond acceptors (Lipinski definition) is 5. The molecule has 3 heterocycles.